The molecule has 0 aliphatic carbocycles. The molecule has 0 aromatic rings. The molecule has 0 aromatic heterocycles. The zero-order valence-corrected chi connectivity index (χ0v) is 16.7. The Morgan fingerprint density at radius 2 is 1.56 bits per heavy atom. The highest BCUT2D eigenvalue weighted by molar-refractivity contribution is 5.76. The first-order valence-corrected chi connectivity index (χ1v) is 9.53. The third-order valence-corrected chi connectivity index (χ3v) is 3.36. The summed E-state index contributed by atoms with van der Waals surface area (Å²) in [7, 11) is 0. The highest BCUT2D eigenvalue weighted by Gasteiger charge is 2.12. The second-order valence-corrected chi connectivity index (χ2v) is 6.08. The van der Waals surface area contributed by atoms with E-state index in [1.807, 2.05) is 13.8 Å². The van der Waals surface area contributed by atoms with Gasteiger partial charge in [0.25, 0.3) is 6.47 Å². The van der Waals surface area contributed by atoms with Crippen LogP contribution >= 0.6 is 0 Å². The Morgan fingerprint density at radius 3 is 2.11 bits per heavy atom. The lowest BCUT2D eigenvalue weighted by atomic mass is 10.2. The molecule has 27 heavy (non-hydrogen) atoms. The highest BCUT2D eigenvalue weighted by atomic mass is 16.6. The zero-order valence-electron chi connectivity index (χ0n) is 16.7. The molecule has 9 nitrogen and oxygen atoms in total. The Kier molecular flexibility index (Phi) is 18.6. The van der Waals surface area contributed by atoms with Gasteiger partial charge in [-0.1, -0.05) is 0 Å². The summed E-state index contributed by atoms with van der Waals surface area (Å²) in [6.07, 6.45) is 1.92. The summed E-state index contributed by atoms with van der Waals surface area (Å²) in [5.74, 6) is -0.229. The standard InChI is InChI=1S/C18H36N2O7/c1-16(2)26-14-13-25-12-11-24-10-9-23-8-6-17(22)20-18(27-15-21)5-3-4-7-19/h15-16,18H,3-14,19H2,1-2H3,(H,20,22)/t18-/m1/s1. The molecule has 0 aliphatic rings. The van der Waals surface area contributed by atoms with Crippen molar-refractivity contribution in [1.82, 2.24) is 5.32 Å². The van der Waals surface area contributed by atoms with Crippen molar-refractivity contribution < 1.29 is 33.3 Å². The van der Waals surface area contributed by atoms with Crippen LogP contribution in [0.2, 0.25) is 0 Å². The van der Waals surface area contributed by atoms with Gasteiger partial charge in [-0.2, -0.15) is 0 Å². The second-order valence-electron chi connectivity index (χ2n) is 6.08. The predicted molar refractivity (Wildman–Crippen MR) is 100 cm³/mol. The molecule has 0 fully saturated rings. The maximum atomic E-state index is 11.8. The van der Waals surface area contributed by atoms with Crippen LogP contribution in [0, 0.1) is 0 Å². The smallest absolute Gasteiger partial charge is 0.295 e. The summed E-state index contributed by atoms with van der Waals surface area (Å²) >= 11 is 0. The number of carbonyl (C=O) groups is 2. The first-order chi connectivity index (χ1) is 13.1. The van der Waals surface area contributed by atoms with E-state index < -0.39 is 6.23 Å². The Balaban J connectivity index is 3.47. The average molecular weight is 392 g/mol. The maximum Gasteiger partial charge on any atom is 0.295 e. The van der Waals surface area contributed by atoms with Crippen molar-refractivity contribution in [2.75, 3.05) is 52.8 Å². The van der Waals surface area contributed by atoms with Crippen LogP contribution in [0.4, 0.5) is 0 Å². The Bertz CT molecular complexity index is 357. The van der Waals surface area contributed by atoms with Gasteiger partial charge in [0.2, 0.25) is 5.91 Å². The molecule has 0 aliphatic heterocycles. The number of hydrogen-bond donors (Lipinski definition) is 2. The van der Waals surface area contributed by atoms with Crippen molar-refractivity contribution in [3.05, 3.63) is 0 Å². The molecule has 0 rings (SSSR count). The summed E-state index contributed by atoms with van der Waals surface area (Å²) < 4.78 is 26.2. The van der Waals surface area contributed by atoms with E-state index in [2.05, 4.69) is 5.32 Å². The Morgan fingerprint density at radius 1 is 0.963 bits per heavy atom. The van der Waals surface area contributed by atoms with Gasteiger partial charge in [0.15, 0.2) is 6.23 Å². The Labute approximate surface area is 162 Å². The number of amides is 1. The minimum atomic E-state index is -0.615. The number of carbonyl (C=O) groups excluding carboxylic acids is 2. The van der Waals surface area contributed by atoms with Crippen molar-refractivity contribution in [3.63, 3.8) is 0 Å². The first-order valence-electron chi connectivity index (χ1n) is 9.53. The topological polar surface area (TPSA) is 118 Å². The molecule has 0 aromatic carbocycles. The van der Waals surface area contributed by atoms with Gasteiger partial charge < -0.3 is 34.7 Å². The van der Waals surface area contributed by atoms with Gasteiger partial charge in [-0.3, -0.25) is 9.59 Å². The molecule has 0 heterocycles. The normalized spacial score (nSPS) is 12.1. The fraction of sp³-hybridized carbons (Fsp3) is 0.889. The molecular formula is C18H36N2O7. The lowest BCUT2D eigenvalue weighted by Gasteiger charge is -2.16. The van der Waals surface area contributed by atoms with Gasteiger partial charge >= 0.3 is 0 Å². The first kappa shape index (κ1) is 25.7. The van der Waals surface area contributed by atoms with E-state index in [9.17, 15) is 9.59 Å². The van der Waals surface area contributed by atoms with E-state index in [1.165, 1.54) is 0 Å². The van der Waals surface area contributed by atoms with Crippen LogP contribution in [-0.2, 0) is 33.3 Å². The van der Waals surface area contributed by atoms with E-state index in [0.29, 0.717) is 59.1 Å². The van der Waals surface area contributed by atoms with Gasteiger partial charge in [0.1, 0.15) is 0 Å². The van der Waals surface area contributed by atoms with E-state index in [0.717, 1.165) is 12.8 Å². The summed E-state index contributed by atoms with van der Waals surface area (Å²) in [6.45, 7) is 8.08. The van der Waals surface area contributed by atoms with Crippen LogP contribution in [-0.4, -0.2) is 77.5 Å². The van der Waals surface area contributed by atoms with Crippen molar-refractivity contribution in [2.24, 2.45) is 5.73 Å². The number of nitrogens with one attached hydrogen (secondary N) is 1. The lowest BCUT2D eigenvalue weighted by molar-refractivity contribution is -0.139. The van der Waals surface area contributed by atoms with E-state index in [1.54, 1.807) is 0 Å². The Hall–Kier alpha value is -1.26. The molecule has 160 valence electrons. The van der Waals surface area contributed by atoms with Gasteiger partial charge in [-0.15, -0.1) is 0 Å². The molecule has 0 saturated carbocycles. The predicted octanol–water partition coefficient (Wildman–Crippen LogP) is 0.596. The molecule has 3 N–H and O–H groups in total. The number of unbranched alkanes of at least 4 members (excludes halogenated alkanes) is 1. The van der Waals surface area contributed by atoms with Crippen LogP contribution in [0.5, 0.6) is 0 Å². The summed E-state index contributed by atoms with van der Waals surface area (Å²) in [5, 5.41) is 2.65. The minimum Gasteiger partial charge on any atom is -0.444 e. The van der Waals surface area contributed by atoms with Crippen LogP contribution in [0.1, 0.15) is 39.5 Å². The minimum absolute atomic E-state index is 0.189. The van der Waals surface area contributed by atoms with Crippen molar-refractivity contribution in [1.29, 1.82) is 0 Å². The molecule has 0 bridgehead atoms. The summed E-state index contributed by atoms with van der Waals surface area (Å²) in [5.41, 5.74) is 5.42. The van der Waals surface area contributed by atoms with Crippen molar-refractivity contribution in [2.45, 2.75) is 51.9 Å². The fourth-order valence-electron chi connectivity index (χ4n) is 2.02. The lowest BCUT2D eigenvalue weighted by Crippen LogP contribution is -2.37. The van der Waals surface area contributed by atoms with E-state index in [4.69, 9.17) is 29.4 Å². The SMILES string of the molecule is CC(C)OCCOCCOCCOCCC(=O)N[C@@H](CCCCN)OC=O. The van der Waals surface area contributed by atoms with Gasteiger partial charge in [0, 0.05) is 6.42 Å². The van der Waals surface area contributed by atoms with Crippen molar-refractivity contribution in [3.8, 4) is 0 Å². The quantitative estimate of drug-likeness (QED) is 0.176. The van der Waals surface area contributed by atoms with Crippen LogP contribution < -0.4 is 11.1 Å². The summed E-state index contributed by atoms with van der Waals surface area (Å²) in [4.78, 5) is 22.3. The largest absolute Gasteiger partial charge is 0.444 e. The maximum absolute atomic E-state index is 11.8. The van der Waals surface area contributed by atoms with E-state index in [-0.39, 0.29) is 25.0 Å². The zero-order chi connectivity index (χ0) is 20.2. The number of nitrogens with two attached hydrogens (primary N) is 1. The second kappa shape index (κ2) is 19.5. The molecule has 9 heteroatoms. The highest BCUT2D eigenvalue weighted by Crippen LogP contribution is 2.01. The van der Waals surface area contributed by atoms with Crippen LogP contribution in [0.25, 0.3) is 0 Å². The van der Waals surface area contributed by atoms with Gasteiger partial charge in [-0.05, 0) is 33.2 Å². The van der Waals surface area contributed by atoms with Crippen LogP contribution in [0.15, 0.2) is 0 Å². The molecule has 0 saturated heterocycles. The molecular weight excluding hydrogens is 356 g/mol. The molecule has 0 unspecified atom stereocenters. The monoisotopic (exact) mass is 392 g/mol. The van der Waals surface area contributed by atoms with Gasteiger partial charge in [-0.25, -0.2) is 0 Å². The third kappa shape index (κ3) is 19.3. The molecule has 1 amide bonds. The summed E-state index contributed by atoms with van der Waals surface area (Å²) in [6, 6.07) is 0. The van der Waals surface area contributed by atoms with E-state index >= 15 is 0 Å². The molecule has 0 radical (unpaired) electrons. The number of hydrogen-bond acceptors (Lipinski definition) is 8. The molecule has 0 spiro atoms. The fourth-order valence-corrected chi connectivity index (χ4v) is 2.02. The molecule has 1 atom stereocenters. The van der Waals surface area contributed by atoms with Crippen molar-refractivity contribution >= 4 is 12.4 Å². The van der Waals surface area contributed by atoms with Crippen LogP contribution in [0.3, 0.4) is 0 Å². The number of rotatable bonds is 20. The number of ether oxygens (including phenoxy) is 5. The third-order valence-electron chi connectivity index (χ3n) is 3.36. The van der Waals surface area contributed by atoms with Gasteiger partial charge in [0.05, 0.1) is 58.8 Å². The average Bonchev–Trinajstić information content (AvgIpc) is 2.62.